The summed E-state index contributed by atoms with van der Waals surface area (Å²) in [6.07, 6.45) is 1.31. The molecule has 1 saturated heterocycles. The van der Waals surface area contributed by atoms with Crippen LogP contribution in [-0.4, -0.2) is 24.3 Å². The first-order chi connectivity index (χ1) is 8.11. The van der Waals surface area contributed by atoms with Crippen molar-refractivity contribution in [2.75, 3.05) is 13.2 Å². The van der Waals surface area contributed by atoms with Crippen molar-refractivity contribution in [2.45, 2.75) is 18.3 Å². The lowest BCUT2D eigenvalue weighted by atomic mass is 9.66. The van der Waals surface area contributed by atoms with Crippen molar-refractivity contribution in [3.63, 3.8) is 0 Å². The Balaban J connectivity index is 2.06. The minimum Gasteiger partial charge on any atom is -0.481 e. The number of aliphatic carboxylic acids is 1. The first-order valence-corrected chi connectivity index (χ1v) is 5.68. The molecule has 1 aromatic carbocycles. The monoisotopic (exact) mass is 236 g/mol. The van der Waals surface area contributed by atoms with Crippen molar-refractivity contribution in [3.8, 4) is 0 Å². The van der Waals surface area contributed by atoms with E-state index in [1.807, 2.05) is 0 Å². The molecule has 1 aliphatic heterocycles. The van der Waals surface area contributed by atoms with Crippen molar-refractivity contribution >= 4 is 5.97 Å². The zero-order valence-electron chi connectivity index (χ0n) is 9.28. The van der Waals surface area contributed by atoms with Crippen LogP contribution in [0.15, 0.2) is 24.3 Å². The van der Waals surface area contributed by atoms with E-state index >= 15 is 0 Å². The first kappa shape index (κ1) is 10.7. The van der Waals surface area contributed by atoms with Gasteiger partial charge >= 0.3 is 5.97 Å². The van der Waals surface area contributed by atoms with Crippen molar-refractivity contribution in [1.29, 1.82) is 0 Å². The van der Waals surface area contributed by atoms with Gasteiger partial charge in [-0.1, -0.05) is 12.1 Å². The molecular formula is C13H13FO3. The molecule has 2 aliphatic rings. The van der Waals surface area contributed by atoms with Gasteiger partial charge in [0.2, 0.25) is 0 Å². The molecule has 0 atom stereocenters. The van der Waals surface area contributed by atoms with Crippen molar-refractivity contribution in [3.05, 3.63) is 35.6 Å². The summed E-state index contributed by atoms with van der Waals surface area (Å²) in [5, 5.41) is 9.39. The van der Waals surface area contributed by atoms with E-state index in [4.69, 9.17) is 4.74 Å². The summed E-state index contributed by atoms with van der Waals surface area (Å²) in [6, 6.07) is 6.24. The van der Waals surface area contributed by atoms with Crippen molar-refractivity contribution < 1.29 is 19.0 Å². The number of hydrogen-bond acceptors (Lipinski definition) is 2. The molecule has 4 heteroatoms. The highest BCUT2D eigenvalue weighted by Gasteiger charge is 2.68. The minimum atomic E-state index is -0.787. The van der Waals surface area contributed by atoms with Crippen molar-refractivity contribution in [2.24, 2.45) is 5.41 Å². The molecule has 2 fully saturated rings. The van der Waals surface area contributed by atoms with Crippen LogP contribution in [0, 0.1) is 11.2 Å². The predicted molar refractivity (Wildman–Crippen MR) is 58.2 cm³/mol. The molecule has 1 saturated carbocycles. The predicted octanol–water partition coefficient (Wildman–Crippen LogP) is 1.96. The van der Waals surface area contributed by atoms with Gasteiger partial charge in [0.1, 0.15) is 5.82 Å². The summed E-state index contributed by atoms with van der Waals surface area (Å²) in [6.45, 7) is 0.755. The molecule has 0 radical (unpaired) electrons. The molecule has 3 rings (SSSR count). The number of halogens is 1. The van der Waals surface area contributed by atoms with Gasteiger partial charge in [0, 0.05) is 0 Å². The third-order valence-corrected chi connectivity index (χ3v) is 4.15. The summed E-state index contributed by atoms with van der Waals surface area (Å²) >= 11 is 0. The maximum Gasteiger partial charge on any atom is 0.310 e. The summed E-state index contributed by atoms with van der Waals surface area (Å²) in [4.78, 5) is 11.4. The van der Waals surface area contributed by atoms with Gasteiger partial charge in [-0.15, -0.1) is 0 Å². The quantitative estimate of drug-likeness (QED) is 0.872. The topological polar surface area (TPSA) is 46.5 Å². The van der Waals surface area contributed by atoms with Crippen molar-refractivity contribution in [1.82, 2.24) is 0 Å². The lowest BCUT2D eigenvalue weighted by molar-refractivity contribution is -0.161. The third kappa shape index (κ3) is 1.27. The second kappa shape index (κ2) is 3.29. The van der Waals surface area contributed by atoms with Crippen LogP contribution in [0.4, 0.5) is 4.39 Å². The van der Waals surface area contributed by atoms with Gasteiger partial charge in [-0.2, -0.15) is 0 Å². The van der Waals surface area contributed by atoms with Gasteiger partial charge in [-0.3, -0.25) is 4.79 Å². The Morgan fingerprint density at radius 3 is 2.47 bits per heavy atom. The van der Waals surface area contributed by atoms with E-state index in [0.29, 0.717) is 26.1 Å². The minimum absolute atomic E-state index is 0.324. The summed E-state index contributed by atoms with van der Waals surface area (Å²) < 4.78 is 18.5. The number of hydrogen-bond donors (Lipinski definition) is 1. The Labute approximate surface area is 98.2 Å². The van der Waals surface area contributed by atoms with Gasteiger partial charge < -0.3 is 9.84 Å². The number of ether oxygens (including phenoxy) is 1. The standard InChI is InChI=1S/C13H13FO3/c14-10-3-1-2-9(6-10)13(7-17-8-13)12(4-5-12)11(15)16/h1-3,6H,4-5,7-8H2,(H,15,16). The highest BCUT2D eigenvalue weighted by molar-refractivity contribution is 5.81. The normalized spacial score (nSPS) is 23.8. The molecule has 0 spiro atoms. The lowest BCUT2D eigenvalue weighted by Gasteiger charge is -2.46. The van der Waals surface area contributed by atoms with Crippen LogP contribution in [0.3, 0.4) is 0 Å². The molecule has 0 aromatic heterocycles. The molecule has 1 aromatic rings. The van der Waals surface area contributed by atoms with Gasteiger partial charge in [0.05, 0.1) is 24.0 Å². The Morgan fingerprint density at radius 2 is 2.06 bits per heavy atom. The summed E-state index contributed by atoms with van der Waals surface area (Å²) in [5.74, 6) is -1.11. The summed E-state index contributed by atoms with van der Waals surface area (Å²) in [5.41, 5.74) is -0.511. The Morgan fingerprint density at radius 1 is 1.35 bits per heavy atom. The maximum absolute atomic E-state index is 13.3. The third-order valence-electron chi connectivity index (χ3n) is 4.15. The highest BCUT2D eigenvalue weighted by atomic mass is 19.1. The van der Waals surface area contributed by atoms with E-state index < -0.39 is 16.8 Å². The SMILES string of the molecule is O=C(O)C1(C2(c3cccc(F)c3)COC2)CC1. The molecule has 90 valence electrons. The van der Waals surface area contributed by atoms with Gasteiger partial charge in [-0.05, 0) is 30.5 Å². The molecule has 3 nitrogen and oxygen atoms in total. The largest absolute Gasteiger partial charge is 0.481 e. The maximum atomic E-state index is 13.3. The Hall–Kier alpha value is -1.42. The highest BCUT2D eigenvalue weighted by Crippen LogP contribution is 2.62. The molecule has 1 aliphatic carbocycles. The molecule has 0 unspecified atom stereocenters. The van der Waals surface area contributed by atoms with Gasteiger partial charge in [-0.25, -0.2) is 4.39 Å². The molecule has 1 N–H and O–H groups in total. The van der Waals surface area contributed by atoms with Crippen LogP contribution in [0.5, 0.6) is 0 Å². The zero-order chi connectivity index (χ0) is 12.1. The number of carboxylic acid groups (broad SMARTS) is 1. The average molecular weight is 236 g/mol. The Bertz CT molecular complexity index is 475. The van der Waals surface area contributed by atoms with E-state index in [9.17, 15) is 14.3 Å². The fourth-order valence-electron chi connectivity index (χ4n) is 2.83. The van der Waals surface area contributed by atoms with E-state index in [2.05, 4.69) is 0 Å². The second-order valence-corrected chi connectivity index (χ2v) is 4.97. The zero-order valence-corrected chi connectivity index (χ0v) is 9.28. The van der Waals surface area contributed by atoms with Crippen LogP contribution in [0.25, 0.3) is 0 Å². The smallest absolute Gasteiger partial charge is 0.310 e. The van der Waals surface area contributed by atoms with Crippen LogP contribution < -0.4 is 0 Å². The Kier molecular flexibility index (Phi) is 2.08. The lowest BCUT2D eigenvalue weighted by Crippen LogP contribution is -2.56. The number of carboxylic acids is 1. The number of benzene rings is 1. The van der Waals surface area contributed by atoms with Crippen LogP contribution in [-0.2, 0) is 14.9 Å². The van der Waals surface area contributed by atoms with E-state index in [0.717, 1.165) is 5.56 Å². The fraction of sp³-hybridized carbons (Fsp3) is 0.462. The number of carbonyl (C=O) groups is 1. The fourth-order valence-corrected chi connectivity index (χ4v) is 2.83. The van der Waals surface area contributed by atoms with Gasteiger partial charge in [0.25, 0.3) is 0 Å². The first-order valence-electron chi connectivity index (χ1n) is 5.68. The molecule has 1 heterocycles. The molecular weight excluding hydrogens is 223 g/mol. The average Bonchev–Trinajstić information content (AvgIpc) is 2.98. The van der Waals surface area contributed by atoms with Gasteiger partial charge in [0.15, 0.2) is 0 Å². The van der Waals surface area contributed by atoms with Crippen LogP contribution >= 0.6 is 0 Å². The molecule has 0 bridgehead atoms. The molecule has 0 amide bonds. The summed E-state index contributed by atoms with van der Waals surface area (Å²) in [7, 11) is 0. The second-order valence-electron chi connectivity index (χ2n) is 4.97. The van der Waals surface area contributed by atoms with E-state index in [-0.39, 0.29) is 5.82 Å². The number of rotatable bonds is 3. The van der Waals surface area contributed by atoms with Crippen LogP contribution in [0.1, 0.15) is 18.4 Å². The van der Waals surface area contributed by atoms with E-state index in [1.54, 1.807) is 12.1 Å². The van der Waals surface area contributed by atoms with E-state index in [1.165, 1.54) is 12.1 Å². The molecule has 17 heavy (non-hydrogen) atoms. The van der Waals surface area contributed by atoms with Crippen LogP contribution in [0.2, 0.25) is 0 Å².